The van der Waals surface area contributed by atoms with E-state index in [9.17, 15) is 19.0 Å². The smallest absolute Gasteiger partial charge is 0.306 e. The van der Waals surface area contributed by atoms with E-state index in [-0.39, 0.29) is 32.0 Å². The van der Waals surface area contributed by atoms with Crippen molar-refractivity contribution < 1.29 is 42.1 Å². The number of ether oxygens (including phenoxy) is 2. The first-order valence-electron chi connectivity index (χ1n) is 28.9. The lowest BCUT2D eigenvalue weighted by atomic mass is 10.0. The molecule has 0 aliphatic heterocycles. The quantitative estimate of drug-likeness (QED) is 0.0195. The summed E-state index contributed by atoms with van der Waals surface area (Å²) in [5.74, 6) is -0.832. The monoisotopic (exact) mass is 970 g/mol. The zero-order valence-corrected chi connectivity index (χ0v) is 46.0. The summed E-state index contributed by atoms with van der Waals surface area (Å²) in [6.07, 6.45) is 57.3. The maximum Gasteiger partial charge on any atom is 0.306 e. The number of rotatable bonds is 54. The van der Waals surface area contributed by atoms with Crippen LogP contribution in [0.1, 0.15) is 290 Å². The molecule has 0 aliphatic rings. The van der Waals surface area contributed by atoms with E-state index in [4.69, 9.17) is 18.5 Å². The largest absolute Gasteiger partial charge is 0.756 e. The predicted molar refractivity (Wildman–Crippen MR) is 282 cm³/mol. The van der Waals surface area contributed by atoms with Crippen LogP contribution in [0.25, 0.3) is 0 Å². The SMILES string of the molecule is CCC/C=C\CCCCCCCC(=O)OC(COC(=O)CCCCCCCCCCCCCCCCCCCCCCCCCCCCCCCCCCC)COP(=O)([O-])OCC[N+](C)(C)C. The second-order valence-electron chi connectivity index (χ2n) is 21.0. The minimum Gasteiger partial charge on any atom is -0.756 e. The van der Waals surface area contributed by atoms with Crippen molar-refractivity contribution in [3.05, 3.63) is 12.2 Å². The zero-order valence-electron chi connectivity index (χ0n) is 45.1. The Bertz CT molecular complexity index is 1140. The number of phosphoric acid groups is 1. The maximum absolute atomic E-state index is 12.7. The van der Waals surface area contributed by atoms with Gasteiger partial charge in [-0.3, -0.25) is 14.2 Å². The molecule has 0 radical (unpaired) electrons. The molecule has 9 nitrogen and oxygen atoms in total. The van der Waals surface area contributed by atoms with Gasteiger partial charge in [0, 0.05) is 12.8 Å². The van der Waals surface area contributed by atoms with Crippen molar-refractivity contribution in [1.29, 1.82) is 0 Å². The van der Waals surface area contributed by atoms with Gasteiger partial charge in [0.1, 0.15) is 19.8 Å². The van der Waals surface area contributed by atoms with Gasteiger partial charge >= 0.3 is 11.9 Å². The van der Waals surface area contributed by atoms with Crippen molar-refractivity contribution in [2.24, 2.45) is 0 Å². The third-order valence-corrected chi connectivity index (χ3v) is 14.0. The lowest BCUT2D eigenvalue weighted by Gasteiger charge is -2.28. The highest BCUT2D eigenvalue weighted by molar-refractivity contribution is 7.45. The molecule has 0 rings (SSSR count). The number of quaternary nitrogens is 1. The zero-order chi connectivity index (χ0) is 49.2. The molecule has 0 spiro atoms. The van der Waals surface area contributed by atoms with Crippen LogP contribution >= 0.6 is 7.82 Å². The summed E-state index contributed by atoms with van der Waals surface area (Å²) in [5, 5.41) is 0. The van der Waals surface area contributed by atoms with Crippen LogP contribution in [0.2, 0.25) is 0 Å². The van der Waals surface area contributed by atoms with E-state index < -0.39 is 26.5 Å². The lowest BCUT2D eigenvalue weighted by molar-refractivity contribution is -0.870. The van der Waals surface area contributed by atoms with Gasteiger partial charge in [0.15, 0.2) is 6.10 Å². The number of hydrogen-bond donors (Lipinski definition) is 0. The van der Waals surface area contributed by atoms with Crippen molar-refractivity contribution >= 4 is 19.8 Å². The van der Waals surface area contributed by atoms with E-state index in [1.165, 1.54) is 199 Å². The summed E-state index contributed by atoms with van der Waals surface area (Å²) >= 11 is 0. The Morgan fingerprint density at radius 2 is 0.791 bits per heavy atom. The number of allylic oxidation sites excluding steroid dienone is 2. The number of esters is 2. The number of hydrogen-bond acceptors (Lipinski definition) is 8. The summed E-state index contributed by atoms with van der Waals surface area (Å²) in [5.41, 5.74) is 0. The molecule has 0 aromatic rings. The Hall–Kier alpha value is -1.25. The summed E-state index contributed by atoms with van der Waals surface area (Å²) in [6.45, 7) is 4.20. The first kappa shape index (κ1) is 65.8. The van der Waals surface area contributed by atoms with Gasteiger partial charge in [0.2, 0.25) is 0 Å². The molecule has 0 bridgehead atoms. The predicted octanol–water partition coefficient (Wildman–Crippen LogP) is 17.0. The number of phosphoric ester groups is 1. The number of unbranched alkanes of at least 4 members (excludes halogenated alkanes) is 38. The fraction of sp³-hybridized carbons (Fsp3) is 0.930. The summed E-state index contributed by atoms with van der Waals surface area (Å²) in [6, 6.07) is 0. The Balaban J connectivity index is 3.86. The fourth-order valence-corrected chi connectivity index (χ4v) is 9.27. The minimum absolute atomic E-state index is 0.0293. The number of carbonyl (C=O) groups excluding carboxylic acids is 2. The van der Waals surface area contributed by atoms with Crippen molar-refractivity contribution in [2.75, 3.05) is 47.5 Å². The molecular weight excluding hydrogens is 858 g/mol. The van der Waals surface area contributed by atoms with Crippen LogP contribution in [0.15, 0.2) is 12.2 Å². The first-order valence-corrected chi connectivity index (χ1v) is 30.4. The van der Waals surface area contributed by atoms with Gasteiger partial charge in [-0.25, -0.2) is 0 Å². The van der Waals surface area contributed by atoms with Gasteiger partial charge in [-0.15, -0.1) is 0 Å². The molecule has 2 unspecified atom stereocenters. The van der Waals surface area contributed by atoms with Gasteiger partial charge in [0.25, 0.3) is 7.82 Å². The van der Waals surface area contributed by atoms with Crippen molar-refractivity contribution in [3.8, 4) is 0 Å². The number of carbonyl (C=O) groups is 2. The Labute approximate surface area is 416 Å². The Morgan fingerprint density at radius 3 is 1.16 bits per heavy atom. The highest BCUT2D eigenvalue weighted by Gasteiger charge is 2.22. The van der Waals surface area contributed by atoms with Crippen LogP contribution in [0.5, 0.6) is 0 Å². The molecule has 398 valence electrons. The molecule has 0 N–H and O–H groups in total. The standard InChI is InChI=1S/C57H112NO8P/c1-6-8-10-12-14-16-18-19-20-21-22-23-24-25-26-27-28-29-30-31-32-33-34-35-36-37-38-39-40-42-43-45-47-49-56(59)63-53-55(54-65-67(61,62)64-52-51-58(3,4)5)66-57(60)50-48-46-44-41-17-15-13-11-9-7-2/h11,13,55H,6-10,12,14-54H2,1-5H3/b13-11-. The molecule has 0 fully saturated rings. The third-order valence-electron chi connectivity index (χ3n) is 13.0. The molecule has 0 aromatic heterocycles. The molecule has 67 heavy (non-hydrogen) atoms. The van der Waals surface area contributed by atoms with Crippen molar-refractivity contribution in [2.45, 2.75) is 296 Å². The molecule has 0 saturated carbocycles. The van der Waals surface area contributed by atoms with Crippen LogP contribution in [0, 0.1) is 0 Å². The second-order valence-corrected chi connectivity index (χ2v) is 22.4. The average molecular weight is 970 g/mol. The van der Waals surface area contributed by atoms with Crippen molar-refractivity contribution in [1.82, 2.24) is 0 Å². The average Bonchev–Trinajstić information content (AvgIpc) is 3.29. The molecular formula is C57H112NO8P. The van der Waals surface area contributed by atoms with E-state index in [0.29, 0.717) is 17.4 Å². The lowest BCUT2D eigenvalue weighted by Crippen LogP contribution is -2.37. The molecule has 0 saturated heterocycles. The molecule has 0 aromatic carbocycles. The van der Waals surface area contributed by atoms with Crippen LogP contribution in [-0.2, 0) is 32.7 Å². The summed E-state index contributed by atoms with van der Waals surface area (Å²) in [4.78, 5) is 37.6. The highest BCUT2D eigenvalue weighted by atomic mass is 31.2. The molecule has 10 heteroatoms. The van der Waals surface area contributed by atoms with Crippen LogP contribution < -0.4 is 4.89 Å². The van der Waals surface area contributed by atoms with E-state index in [1.54, 1.807) is 0 Å². The van der Waals surface area contributed by atoms with Crippen LogP contribution in [0.3, 0.4) is 0 Å². The third kappa shape index (κ3) is 53.9. The van der Waals surface area contributed by atoms with E-state index in [2.05, 4.69) is 26.0 Å². The molecule has 0 aliphatic carbocycles. The van der Waals surface area contributed by atoms with Gasteiger partial charge in [0.05, 0.1) is 27.7 Å². The van der Waals surface area contributed by atoms with E-state index in [1.807, 2.05) is 21.1 Å². The topological polar surface area (TPSA) is 111 Å². The minimum atomic E-state index is -4.62. The highest BCUT2D eigenvalue weighted by Crippen LogP contribution is 2.38. The first-order chi connectivity index (χ1) is 32.5. The number of likely N-dealkylation sites (N-methyl/N-ethyl adjacent to an activating group) is 1. The molecule has 0 heterocycles. The number of nitrogens with zero attached hydrogens (tertiary/aromatic N) is 1. The Morgan fingerprint density at radius 1 is 0.448 bits per heavy atom. The van der Waals surface area contributed by atoms with Gasteiger partial charge in [-0.05, 0) is 32.1 Å². The van der Waals surface area contributed by atoms with E-state index >= 15 is 0 Å². The molecule has 0 amide bonds. The van der Waals surface area contributed by atoms with Crippen LogP contribution in [0.4, 0.5) is 0 Å². The van der Waals surface area contributed by atoms with E-state index in [0.717, 1.165) is 57.8 Å². The second kappa shape index (κ2) is 49.7. The Kier molecular flexibility index (Phi) is 48.8. The molecule has 2 atom stereocenters. The summed E-state index contributed by atoms with van der Waals surface area (Å²) in [7, 11) is 1.17. The van der Waals surface area contributed by atoms with Crippen molar-refractivity contribution in [3.63, 3.8) is 0 Å². The fourth-order valence-electron chi connectivity index (χ4n) is 8.54. The normalized spacial score (nSPS) is 13.3. The van der Waals surface area contributed by atoms with Crippen LogP contribution in [-0.4, -0.2) is 70.0 Å². The van der Waals surface area contributed by atoms with Gasteiger partial charge in [-0.2, -0.15) is 0 Å². The van der Waals surface area contributed by atoms with Gasteiger partial charge < -0.3 is 27.9 Å². The van der Waals surface area contributed by atoms with Gasteiger partial charge in [-0.1, -0.05) is 257 Å². The summed E-state index contributed by atoms with van der Waals surface area (Å²) < 4.78 is 34.0. The maximum atomic E-state index is 12.7.